The standard InChI is InChI=1S/C25H30N4O4/c1-16(26-2)24(32)13-25(33)23(12-18-14-27-22-6-4-3-5-21(18)22)29-28-19(15-30)11-17-7-9-20(31)10-8-17/h3-10,14-16,19,23,26-29,31H,11-13H2,1-2H3/t16-,19-,23-/m0/s1. The molecule has 0 fully saturated rings. The van der Waals surface area contributed by atoms with Crippen LogP contribution in [0.2, 0.25) is 0 Å². The first-order valence-corrected chi connectivity index (χ1v) is 10.9. The summed E-state index contributed by atoms with van der Waals surface area (Å²) in [5.74, 6) is -0.296. The van der Waals surface area contributed by atoms with E-state index in [0.29, 0.717) is 12.8 Å². The van der Waals surface area contributed by atoms with Gasteiger partial charge in [-0.15, -0.1) is 0 Å². The number of benzene rings is 2. The van der Waals surface area contributed by atoms with Gasteiger partial charge in [0.1, 0.15) is 12.0 Å². The summed E-state index contributed by atoms with van der Waals surface area (Å²) >= 11 is 0. The Kier molecular flexibility index (Phi) is 8.48. The lowest BCUT2D eigenvalue weighted by atomic mass is 9.97. The van der Waals surface area contributed by atoms with Crippen LogP contribution in [-0.4, -0.2) is 53.1 Å². The Morgan fingerprint density at radius 2 is 1.76 bits per heavy atom. The number of likely N-dealkylation sites (N-methyl/N-ethyl adjacent to an activating group) is 1. The Hall–Kier alpha value is -3.33. The van der Waals surface area contributed by atoms with Gasteiger partial charge in [0.2, 0.25) is 0 Å². The van der Waals surface area contributed by atoms with Crippen molar-refractivity contribution in [3.8, 4) is 5.75 Å². The number of phenolic OH excluding ortho intramolecular Hbond substituents is 1. The van der Waals surface area contributed by atoms with Crippen molar-refractivity contribution in [2.45, 2.75) is 44.3 Å². The second-order valence-electron chi connectivity index (χ2n) is 8.14. The van der Waals surface area contributed by atoms with Crippen LogP contribution in [0.25, 0.3) is 10.9 Å². The molecule has 0 bridgehead atoms. The number of ketones is 2. The van der Waals surface area contributed by atoms with Crippen LogP contribution in [0.15, 0.2) is 54.7 Å². The highest BCUT2D eigenvalue weighted by molar-refractivity contribution is 6.03. The predicted octanol–water partition coefficient (Wildman–Crippen LogP) is 1.83. The number of nitrogens with one attached hydrogen (secondary N) is 4. The third-order valence-electron chi connectivity index (χ3n) is 5.75. The number of carbonyl (C=O) groups excluding carboxylic acids is 3. The van der Waals surface area contributed by atoms with Gasteiger partial charge in [-0.2, -0.15) is 0 Å². The molecule has 0 saturated heterocycles. The van der Waals surface area contributed by atoms with Crippen molar-refractivity contribution in [2.24, 2.45) is 0 Å². The molecule has 33 heavy (non-hydrogen) atoms. The van der Waals surface area contributed by atoms with Gasteiger partial charge in [0.15, 0.2) is 11.6 Å². The van der Waals surface area contributed by atoms with E-state index in [-0.39, 0.29) is 23.7 Å². The van der Waals surface area contributed by atoms with Crippen LogP contribution in [0, 0.1) is 0 Å². The molecule has 2 aromatic carbocycles. The van der Waals surface area contributed by atoms with Crippen molar-refractivity contribution in [1.82, 2.24) is 21.2 Å². The van der Waals surface area contributed by atoms with Crippen LogP contribution in [0.4, 0.5) is 0 Å². The topological polar surface area (TPSA) is 123 Å². The quantitative estimate of drug-likeness (QED) is 0.153. The van der Waals surface area contributed by atoms with Crippen LogP contribution in [-0.2, 0) is 27.2 Å². The maximum atomic E-state index is 13.1. The van der Waals surface area contributed by atoms with Crippen molar-refractivity contribution < 1.29 is 19.5 Å². The van der Waals surface area contributed by atoms with E-state index >= 15 is 0 Å². The predicted molar refractivity (Wildman–Crippen MR) is 127 cm³/mol. The maximum absolute atomic E-state index is 13.1. The number of aldehydes is 1. The highest BCUT2D eigenvalue weighted by Gasteiger charge is 2.25. The summed E-state index contributed by atoms with van der Waals surface area (Å²) in [5, 5.41) is 13.3. The fourth-order valence-corrected chi connectivity index (χ4v) is 3.60. The maximum Gasteiger partial charge on any atom is 0.158 e. The third-order valence-corrected chi connectivity index (χ3v) is 5.75. The zero-order chi connectivity index (χ0) is 23.8. The smallest absolute Gasteiger partial charge is 0.158 e. The Bertz CT molecular complexity index is 1090. The number of hydrogen-bond donors (Lipinski definition) is 5. The fraction of sp³-hybridized carbons (Fsp3) is 0.320. The Morgan fingerprint density at radius 3 is 2.45 bits per heavy atom. The van der Waals surface area contributed by atoms with Gasteiger partial charge in [0.25, 0.3) is 0 Å². The van der Waals surface area contributed by atoms with Gasteiger partial charge in [0.05, 0.1) is 24.5 Å². The molecule has 0 unspecified atom stereocenters. The van der Waals surface area contributed by atoms with E-state index in [2.05, 4.69) is 21.2 Å². The van der Waals surface area contributed by atoms with E-state index < -0.39 is 18.1 Å². The fourth-order valence-electron chi connectivity index (χ4n) is 3.60. The molecule has 5 N–H and O–H groups in total. The number of aromatic hydroxyl groups is 1. The zero-order valence-corrected chi connectivity index (χ0v) is 18.8. The number of para-hydroxylation sites is 1. The molecule has 174 valence electrons. The molecular formula is C25H30N4O4. The summed E-state index contributed by atoms with van der Waals surface area (Å²) in [6, 6.07) is 12.7. The molecule has 0 aliphatic heterocycles. The van der Waals surface area contributed by atoms with E-state index in [4.69, 9.17) is 0 Å². The molecule has 0 aliphatic carbocycles. The van der Waals surface area contributed by atoms with Crippen LogP contribution < -0.4 is 16.2 Å². The number of aromatic nitrogens is 1. The molecule has 8 heteroatoms. The second kappa shape index (κ2) is 11.5. The number of rotatable bonds is 13. The first kappa shape index (κ1) is 24.3. The number of aromatic amines is 1. The van der Waals surface area contributed by atoms with Crippen molar-refractivity contribution in [2.75, 3.05) is 7.05 Å². The minimum Gasteiger partial charge on any atom is -0.508 e. The SMILES string of the molecule is CN[C@@H](C)C(=O)CC(=O)[C@H](Cc1c[nH]c2ccccc12)NN[C@H](C=O)Cc1ccc(O)cc1. The van der Waals surface area contributed by atoms with Gasteiger partial charge >= 0.3 is 0 Å². The Balaban J connectivity index is 1.73. The van der Waals surface area contributed by atoms with Crippen LogP contribution in [0.1, 0.15) is 24.5 Å². The lowest BCUT2D eigenvalue weighted by Gasteiger charge is -2.21. The molecule has 1 aromatic heterocycles. The van der Waals surface area contributed by atoms with Gasteiger partial charge in [0, 0.05) is 17.1 Å². The summed E-state index contributed by atoms with van der Waals surface area (Å²) < 4.78 is 0. The number of fused-ring (bicyclic) bond motifs is 1. The molecule has 0 amide bonds. The highest BCUT2D eigenvalue weighted by Crippen LogP contribution is 2.19. The summed E-state index contributed by atoms with van der Waals surface area (Å²) in [6.07, 6.45) is 3.13. The van der Waals surface area contributed by atoms with E-state index in [9.17, 15) is 19.5 Å². The molecule has 3 rings (SSSR count). The van der Waals surface area contributed by atoms with E-state index in [1.54, 1.807) is 38.2 Å². The molecule has 0 saturated carbocycles. The number of carbonyl (C=O) groups is 3. The summed E-state index contributed by atoms with van der Waals surface area (Å²) in [5.41, 5.74) is 8.71. The van der Waals surface area contributed by atoms with Crippen molar-refractivity contribution in [3.05, 3.63) is 65.9 Å². The first-order chi connectivity index (χ1) is 15.9. The largest absolute Gasteiger partial charge is 0.508 e. The minimum atomic E-state index is -0.709. The number of hydrazine groups is 1. The molecular weight excluding hydrogens is 420 g/mol. The van der Waals surface area contributed by atoms with Crippen molar-refractivity contribution >= 4 is 28.8 Å². The zero-order valence-electron chi connectivity index (χ0n) is 18.8. The summed E-state index contributed by atoms with van der Waals surface area (Å²) in [7, 11) is 1.67. The molecule has 0 spiro atoms. The summed E-state index contributed by atoms with van der Waals surface area (Å²) in [4.78, 5) is 40.3. The average molecular weight is 451 g/mol. The van der Waals surface area contributed by atoms with Crippen LogP contribution in [0.3, 0.4) is 0 Å². The molecule has 0 aliphatic rings. The molecule has 3 atom stereocenters. The van der Waals surface area contributed by atoms with Crippen molar-refractivity contribution in [3.63, 3.8) is 0 Å². The lowest BCUT2D eigenvalue weighted by molar-refractivity contribution is -0.129. The summed E-state index contributed by atoms with van der Waals surface area (Å²) in [6.45, 7) is 1.72. The lowest BCUT2D eigenvalue weighted by Crippen LogP contribution is -2.52. The third kappa shape index (κ3) is 6.58. The Labute approximate surface area is 192 Å². The average Bonchev–Trinajstić information content (AvgIpc) is 3.24. The molecule has 1 heterocycles. The monoisotopic (exact) mass is 450 g/mol. The van der Waals surface area contributed by atoms with Crippen LogP contribution in [0.5, 0.6) is 5.75 Å². The van der Waals surface area contributed by atoms with E-state index in [0.717, 1.165) is 28.3 Å². The molecule has 3 aromatic rings. The first-order valence-electron chi connectivity index (χ1n) is 10.9. The van der Waals surface area contributed by atoms with Gasteiger partial charge < -0.3 is 20.2 Å². The van der Waals surface area contributed by atoms with Gasteiger partial charge in [-0.05, 0) is 56.1 Å². The van der Waals surface area contributed by atoms with Gasteiger partial charge in [-0.3, -0.25) is 9.59 Å². The highest BCUT2D eigenvalue weighted by atomic mass is 16.3. The number of hydrogen-bond acceptors (Lipinski definition) is 7. The van der Waals surface area contributed by atoms with E-state index in [1.165, 1.54) is 0 Å². The molecule has 8 nitrogen and oxygen atoms in total. The van der Waals surface area contributed by atoms with Crippen LogP contribution >= 0.6 is 0 Å². The Morgan fingerprint density at radius 1 is 1.03 bits per heavy atom. The molecule has 0 radical (unpaired) electrons. The second-order valence-corrected chi connectivity index (χ2v) is 8.14. The number of phenols is 1. The normalized spacial score (nSPS) is 14.0. The van der Waals surface area contributed by atoms with Crippen molar-refractivity contribution in [1.29, 1.82) is 0 Å². The number of H-pyrrole nitrogens is 1. The number of Topliss-reactive ketones (excluding diaryl/α,β-unsaturated/α-hetero) is 2. The van der Waals surface area contributed by atoms with Gasteiger partial charge in [-0.25, -0.2) is 10.9 Å². The van der Waals surface area contributed by atoms with E-state index in [1.807, 2.05) is 30.5 Å². The van der Waals surface area contributed by atoms with Gasteiger partial charge in [-0.1, -0.05) is 30.3 Å². The minimum absolute atomic E-state index is 0.150.